The van der Waals surface area contributed by atoms with Gasteiger partial charge in [0.05, 0.1) is 46.4 Å². The van der Waals surface area contributed by atoms with Crippen LogP contribution in [0.5, 0.6) is 11.5 Å². The van der Waals surface area contributed by atoms with Crippen LogP contribution in [0.1, 0.15) is 127 Å². The average Bonchev–Trinajstić information content (AvgIpc) is 1.54. The first-order chi connectivity index (χ1) is 55.9. The number of imidazole rings is 3. The molecule has 614 valence electrons. The molecule has 6 aromatic carbocycles. The lowest BCUT2D eigenvalue weighted by Crippen LogP contribution is -2.52. The number of nitrogens with one attached hydrogen (secondary N) is 5. The Morgan fingerprint density at radius 3 is 1.14 bits per heavy atom. The molecule has 117 heavy (non-hydrogen) atoms. The Morgan fingerprint density at radius 2 is 0.795 bits per heavy atom. The van der Waals surface area contributed by atoms with Crippen molar-refractivity contribution in [2.24, 2.45) is 0 Å². The number of nitrogens with zero attached hydrogens (tertiary/aromatic N) is 9. The normalized spacial score (nSPS) is 26.9. The molecule has 5 aliphatic rings. The molecule has 33 heteroatoms. The Balaban J connectivity index is 0.000000146. The lowest BCUT2D eigenvalue weighted by atomic mass is 9.77. The Labute approximate surface area is 669 Å². The monoisotopic (exact) mass is 1610 g/mol. The third-order valence-electron chi connectivity index (χ3n) is 23.0. The number of alkyl halides is 2. The van der Waals surface area contributed by atoms with Crippen molar-refractivity contribution in [3.8, 4) is 11.5 Å². The van der Waals surface area contributed by atoms with Crippen LogP contribution in [-0.2, 0) is 44.2 Å². The van der Waals surface area contributed by atoms with Gasteiger partial charge in [0, 0.05) is 0 Å². The molecule has 5 saturated heterocycles. The summed E-state index contributed by atoms with van der Waals surface area (Å²) in [6, 6.07) is 55.5. The van der Waals surface area contributed by atoms with Gasteiger partial charge in [-0.25, -0.2) is 23.7 Å². The summed E-state index contributed by atoms with van der Waals surface area (Å²) in [5.41, 5.74) is -0.107. The summed E-state index contributed by atoms with van der Waals surface area (Å²) < 4.78 is 87.7. The second-order valence-electron chi connectivity index (χ2n) is 31.3. The van der Waals surface area contributed by atoms with Gasteiger partial charge in [0.25, 0.3) is 16.7 Å². The molecule has 5 aliphatic heterocycles. The first-order valence-electron chi connectivity index (χ1n) is 38.2. The average molecular weight is 1610 g/mol. The maximum Gasteiger partial charge on any atom is 0.280 e. The van der Waals surface area contributed by atoms with Gasteiger partial charge in [-0.15, -0.1) is 0 Å². The zero-order valence-electron chi connectivity index (χ0n) is 66.2. The van der Waals surface area contributed by atoms with Crippen LogP contribution in [0.25, 0.3) is 33.5 Å². The summed E-state index contributed by atoms with van der Waals surface area (Å²) in [5, 5.41) is 48.0. The van der Waals surface area contributed by atoms with E-state index < -0.39 is 130 Å². The van der Waals surface area contributed by atoms with E-state index in [2.05, 4.69) is 45.5 Å². The minimum Gasteiger partial charge on any atom is -0.497 e. The van der Waals surface area contributed by atoms with Crippen molar-refractivity contribution in [3.63, 3.8) is 0 Å². The topological polar surface area (TPSA) is 405 Å². The molecule has 12 atom stereocenters. The number of fused-ring (bicyclic) bond motifs is 5. The van der Waals surface area contributed by atoms with E-state index in [1.807, 2.05) is 211 Å². The number of benzene rings is 6. The van der Waals surface area contributed by atoms with Gasteiger partial charge in [0.15, 0.2) is 69.4 Å². The van der Waals surface area contributed by atoms with Crippen molar-refractivity contribution in [1.82, 2.24) is 58.6 Å². The molecular weight excluding hydrogens is 1510 g/mol. The number of aromatic nitrogens is 12. The number of aliphatic hydroxyl groups is 4. The molecule has 17 rings (SSSR count). The standard InChI is InChI=1S/C36H38FN5O5.C36H39N5O6.C12H16FN5O5/c1-6-35(21-37)30-34(4,47-33(2,3)45-30)31(46-35)42-22-38-27-28(42)39-32(40-29(27)43)41-36(23-13-9-7-10-14-23,24-15-11-8-12-16-24)25-17-19-26(44-5)20-18-25;1-6-35(21-42)30-34(4,47-33(2,3)45-30)31(46-35)41-22-37-27-28(41)38-32(39-29(27)43)40-36(23-13-9-7-10-14-23,24-15-11-8-12-16-24)25-17-19-26(44-5)20-18-25;1-11(22)8(21)12(2-13,3-19)23-9(11)18-4-15-5-6(18)16-10(14)17-7(5)20/h7-20,22,30-31H,6,21H2,1-5H3,(H2,39,40,41,43);7-20,22,30-31,42H,6,21H2,1-5H3,(H2,38,39,40,43);4,8-9,19,21-22H,2-3H2,1H3,(H3,14,16,17,20)/t2*30-,31+,34+,35-;8-,9+,11+,12+/m000/s1. The predicted octanol–water partition coefficient (Wildman–Crippen LogP) is 9.24. The Bertz CT molecular complexity index is 5380. The smallest absolute Gasteiger partial charge is 0.280 e. The molecule has 31 nitrogen and oxygen atoms in total. The second-order valence-corrected chi connectivity index (χ2v) is 31.3. The van der Waals surface area contributed by atoms with Crippen molar-refractivity contribution in [3.05, 3.63) is 253 Å². The van der Waals surface area contributed by atoms with Gasteiger partial charge in [0.2, 0.25) is 17.8 Å². The van der Waals surface area contributed by atoms with Crippen LogP contribution in [0.2, 0.25) is 0 Å². The molecule has 0 radical (unpaired) electrons. The fourth-order valence-electron chi connectivity index (χ4n) is 17.4. The number of hydrogen-bond acceptors (Lipinski definition) is 25. The van der Waals surface area contributed by atoms with Gasteiger partial charge >= 0.3 is 0 Å². The molecule has 0 saturated carbocycles. The van der Waals surface area contributed by atoms with Gasteiger partial charge in [0.1, 0.15) is 82.2 Å². The number of nitrogens with two attached hydrogens (primary N) is 1. The summed E-state index contributed by atoms with van der Waals surface area (Å²) in [5.74, 6) is -0.230. The molecule has 11 N–H and O–H groups in total. The van der Waals surface area contributed by atoms with E-state index >= 15 is 0 Å². The van der Waals surface area contributed by atoms with Gasteiger partial charge in [-0.3, -0.25) is 43.0 Å². The number of aromatic amines is 3. The number of methoxy groups -OCH3 is 2. The van der Waals surface area contributed by atoms with E-state index in [1.165, 1.54) is 19.6 Å². The number of H-pyrrole nitrogens is 3. The quantitative estimate of drug-likeness (QED) is 0.0299. The molecule has 6 aromatic heterocycles. The number of nitrogen functional groups attached to an aromatic ring is 1. The van der Waals surface area contributed by atoms with E-state index in [0.29, 0.717) is 24.2 Å². The fourth-order valence-corrected chi connectivity index (χ4v) is 17.4. The Kier molecular flexibility index (Phi) is 21.0. The molecule has 0 bridgehead atoms. The van der Waals surface area contributed by atoms with E-state index in [4.69, 9.17) is 58.3 Å². The summed E-state index contributed by atoms with van der Waals surface area (Å²) >= 11 is 0. The van der Waals surface area contributed by atoms with Crippen LogP contribution >= 0.6 is 0 Å². The van der Waals surface area contributed by atoms with Gasteiger partial charge in [-0.1, -0.05) is 159 Å². The predicted molar refractivity (Wildman–Crippen MR) is 426 cm³/mol. The second kappa shape index (κ2) is 30.4. The van der Waals surface area contributed by atoms with Crippen molar-refractivity contribution in [2.45, 2.75) is 168 Å². The molecule has 0 unspecified atom stereocenters. The maximum atomic E-state index is 14.8. The number of anilines is 3. The van der Waals surface area contributed by atoms with E-state index in [-0.39, 0.29) is 52.3 Å². The number of halogens is 2. The first kappa shape index (κ1) is 81.0. The van der Waals surface area contributed by atoms with Crippen LogP contribution in [0.15, 0.2) is 203 Å². The van der Waals surface area contributed by atoms with E-state index in [0.717, 1.165) is 50.0 Å². The molecule has 0 spiro atoms. The molecular formula is C84H93F2N15O16. The lowest BCUT2D eigenvalue weighted by molar-refractivity contribution is -0.239. The fraction of sp³-hybridized carbons (Fsp3) is 0.393. The largest absolute Gasteiger partial charge is 0.497 e. The SMILES string of the molecule is CC[C@@]1(CF)O[C@@H](n2cnc3c(=O)[nH]c(NC(c4ccccc4)(c4ccccc4)c4ccc(OC)cc4)nc32)[C@]2(C)OC(C)(C)O[C@H]12.CC[C@@]1(CO)O[C@@H](n2cnc3c(=O)[nH]c(NC(c4ccccc4)(c4ccccc4)c4ccc(OC)cc4)nc32)[C@]2(C)OC(C)(C)O[C@H]12.C[C@@]1(O)[C@H](O)[C@](CO)(CF)O[C@H]1n1cnc2c(=O)[nH]c(N)nc21. The van der Waals surface area contributed by atoms with E-state index in [9.17, 15) is 43.6 Å². The lowest BCUT2D eigenvalue weighted by Gasteiger charge is -2.37. The van der Waals surface area contributed by atoms with Crippen LogP contribution in [0.4, 0.5) is 26.6 Å². The highest BCUT2D eigenvalue weighted by Gasteiger charge is 2.72. The molecule has 0 amide bonds. The maximum absolute atomic E-state index is 14.8. The zero-order valence-corrected chi connectivity index (χ0v) is 66.2. The molecule has 0 aliphatic carbocycles. The van der Waals surface area contributed by atoms with Gasteiger partial charge in [-0.05, 0) is 119 Å². The summed E-state index contributed by atoms with van der Waals surface area (Å²) in [7, 11) is 3.26. The highest BCUT2D eigenvalue weighted by Crippen LogP contribution is 2.59. The van der Waals surface area contributed by atoms with Crippen molar-refractivity contribution < 1.29 is 71.8 Å². The highest BCUT2D eigenvalue weighted by atomic mass is 19.1. The molecule has 5 fully saturated rings. The molecule has 12 aromatic rings. The minimum absolute atomic E-state index is 0.00340. The highest BCUT2D eigenvalue weighted by molar-refractivity contribution is 5.74. The van der Waals surface area contributed by atoms with Crippen LogP contribution in [0, 0.1) is 0 Å². The van der Waals surface area contributed by atoms with Crippen LogP contribution < -0.4 is 42.5 Å². The van der Waals surface area contributed by atoms with E-state index in [1.54, 1.807) is 37.2 Å². The first-order valence-corrected chi connectivity index (χ1v) is 38.2. The summed E-state index contributed by atoms with van der Waals surface area (Å²) in [6.45, 7) is 12.9. The van der Waals surface area contributed by atoms with Crippen LogP contribution in [-0.4, -0.2) is 183 Å². The summed E-state index contributed by atoms with van der Waals surface area (Å²) in [4.78, 5) is 73.9. The number of rotatable bonds is 21. The minimum atomic E-state index is -1.99. The number of ether oxygens (including phenoxy) is 9. The summed E-state index contributed by atoms with van der Waals surface area (Å²) in [6.07, 6.45) is -1.01. The zero-order chi connectivity index (χ0) is 83.0. The Morgan fingerprint density at radius 1 is 0.470 bits per heavy atom. The van der Waals surface area contributed by atoms with Crippen molar-refractivity contribution >= 4 is 51.3 Å². The van der Waals surface area contributed by atoms with Gasteiger partial charge < -0.3 is 79.4 Å². The van der Waals surface area contributed by atoms with Gasteiger partial charge in [-0.2, -0.15) is 15.0 Å². The van der Waals surface area contributed by atoms with Crippen molar-refractivity contribution in [2.75, 3.05) is 57.1 Å². The number of aliphatic hydroxyl groups excluding tert-OH is 3. The third-order valence-corrected chi connectivity index (χ3v) is 23.0. The molecule has 11 heterocycles. The Hall–Kier alpha value is -11.2. The number of hydrogen-bond donors (Lipinski definition) is 10. The third kappa shape index (κ3) is 13.5. The van der Waals surface area contributed by atoms with Crippen molar-refractivity contribution in [1.29, 1.82) is 0 Å². The van der Waals surface area contributed by atoms with Crippen LogP contribution in [0.3, 0.4) is 0 Å².